The van der Waals surface area contributed by atoms with Gasteiger partial charge >= 0.3 is 0 Å². The fraction of sp³-hybridized carbons (Fsp3) is 0.263. The van der Waals surface area contributed by atoms with Gasteiger partial charge in [0.2, 0.25) is 0 Å². The van der Waals surface area contributed by atoms with Crippen LogP contribution in [0.3, 0.4) is 0 Å². The third kappa shape index (κ3) is 4.19. The average Bonchev–Trinajstić information content (AvgIpc) is 3.41. The third-order valence-corrected chi connectivity index (χ3v) is 13.8. The van der Waals surface area contributed by atoms with Gasteiger partial charge in [-0.3, -0.25) is 0 Å². The molecule has 0 radical (unpaired) electrons. The first-order valence-corrected chi connectivity index (χ1v) is 17.5. The molecule has 2 aliphatic rings. The Morgan fingerprint density at radius 1 is 0.538 bits per heavy atom. The van der Waals surface area contributed by atoms with E-state index in [0.717, 1.165) is 0 Å². The maximum Gasteiger partial charge on any atom is 0.0722 e. The maximum absolute atomic E-state index is 2.64. The molecule has 196 valence electrons. The highest BCUT2D eigenvalue weighted by Gasteiger charge is 2.47. The van der Waals surface area contributed by atoms with Crippen molar-refractivity contribution in [3.05, 3.63) is 128 Å². The van der Waals surface area contributed by atoms with Gasteiger partial charge in [0.05, 0.1) is 8.07 Å². The van der Waals surface area contributed by atoms with Crippen LogP contribution >= 0.6 is 0 Å². The van der Waals surface area contributed by atoms with Crippen LogP contribution in [0.4, 0.5) is 0 Å². The van der Waals surface area contributed by atoms with Crippen molar-refractivity contribution in [3.8, 4) is 22.3 Å². The Bertz CT molecular complexity index is 1660. The molecule has 4 aromatic rings. The molecule has 6 rings (SSSR count). The van der Waals surface area contributed by atoms with Crippen LogP contribution in [0, 0.1) is 27.7 Å². The van der Waals surface area contributed by atoms with Gasteiger partial charge < -0.3 is 0 Å². The van der Waals surface area contributed by atoms with Crippen molar-refractivity contribution in [1.82, 2.24) is 0 Å². The molecule has 0 aliphatic heterocycles. The number of hydrogen-bond acceptors (Lipinski definition) is 0. The van der Waals surface area contributed by atoms with E-state index >= 15 is 0 Å². The lowest BCUT2D eigenvalue weighted by atomic mass is 9.92. The molecule has 0 nitrogen and oxygen atoms in total. The monoisotopic (exact) mass is 524 g/mol. The van der Waals surface area contributed by atoms with E-state index in [1.54, 1.807) is 5.56 Å². The summed E-state index contributed by atoms with van der Waals surface area (Å²) in [5.41, 5.74) is 20.9. The Morgan fingerprint density at radius 2 is 1.15 bits per heavy atom. The molecule has 2 atom stereocenters. The predicted molar refractivity (Wildman–Crippen MR) is 173 cm³/mol. The molecular formula is C38H40Si. The summed E-state index contributed by atoms with van der Waals surface area (Å²) in [6, 6.07) is 27.7. The van der Waals surface area contributed by atoms with Gasteiger partial charge in [-0.25, -0.2) is 0 Å². The van der Waals surface area contributed by atoms with E-state index in [4.69, 9.17) is 0 Å². The number of allylic oxidation sites excluding steroid dienone is 2. The lowest BCUT2D eigenvalue weighted by Gasteiger charge is -2.39. The van der Waals surface area contributed by atoms with Crippen molar-refractivity contribution < 1.29 is 0 Å². The largest absolute Gasteiger partial charge is 0.0722 e. The normalized spacial score (nSPS) is 18.1. The molecule has 0 aromatic heterocycles. The van der Waals surface area contributed by atoms with Crippen LogP contribution in [0.2, 0.25) is 13.1 Å². The Balaban J connectivity index is 1.47. The first-order valence-electron chi connectivity index (χ1n) is 14.3. The number of fused-ring (bicyclic) bond motifs is 2. The molecule has 0 fully saturated rings. The fourth-order valence-electron chi connectivity index (χ4n) is 7.85. The summed E-state index contributed by atoms with van der Waals surface area (Å²) < 4.78 is 0. The zero-order chi connectivity index (χ0) is 27.6. The van der Waals surface area contributed by atoms with Crippen LogP contribution in [0.5, 0.6) is 0 Å². The van der Waals surface area contributed by atoms with Crippen molar-refractivity contribution in [2.24, 2.45) is 0 Å². The first-order chi connectivity index (χ1) is 18.6. The summed E-state index contributed by atoms with van der Waals surface area (Å²) in [4.78, 5) is 0. The number of benzene rings is 4. The SMILES string of the molecule is CC1=Cc2c(-c3ccc(C)cc3)cccc2C1[Si](C)(C)C1C(C)=Cc2c(-c3cc(C)cc(C)c3)ccc(C)c21. The molecule has 0 bridgehead atoms. The highest BCUT2D eigenvalue weighted by molar-refractivity contribution is 6.81. The van der Waals surface area contributed by atoms with Crippen molar-refractivity contribution >= 4 is 20.2 Å². The number of hydrogen-bond donors (Lipinski definition) is 0. The third-order valence-electron chi connectivity index (χ3n) is 9.28. The second-order valence-electron chi connectivity index (χ2n) is 12.8. The van der Waals surface area contributed by atoms with E-state index in [2.05, 4.69) is 140 Å². The van der Waals surface area contributed by atoms with Gasteiger partial charge in [-0.15, -0.1) is 0 Å². The van der Waals surface area contributed by atoms with E-state index in [-0.39, 0.29) is 0 Å². The second-order valence-corrected chi connectivity index (χ2v) is 17.6. The van der Waals surface area contributed by atoms with Gasteiger partial charge in [0.1, 0.15) is 0 Å². The number of aryl methyl sites for hydroxylation is 4. The average molecular weight is 525 g/mol. The summed E-state index contributed by atoms with van der Waals surface area (Å²) in [5.74, 6) is 0. The van der Waals surface area contributed by atoms with E-state index in [9.17, 15) is 0 Å². The summed E-state index contributed by atoms with van der Waals surface area (Å²) in [5, 5.41) is 0. The van der Waals surface area contributed by atoms with Crippen LogP contribution in [0.15, 0.2) is 83.9 Å². The zero-order valence-corrected chi connectivity index (χ0v) is 25.7. The Labute approximate surface area is 236 Å². The molecule has 2 aliphatic carbocycles. The van der Waals surface area contributed by atoms with E-state index in [1.807, 2.05) is 0 Å². The van der Waals surface area contributed by atoms with Gasteiger partial charge in [0.15, 0.2) is 0 Å². The molecule has 0 saturated heterocycles. The molecule has 4 aromatic carbocycles. The van der Waals surface area contributed by atoms with Gasteiger partial charge in [-0.05, 0) is 91.6 Å². The molecule has 0 heterocycles. The van der Waals surface area contributed by atoms with E-state index in [1.165, 1.54) is 72.3 Å². The minimum Gasteiger partial charge on any atom is -0.0679 e. The van der Waals surface area contributed by atoms with Crippen molar-refractivity contribution in [2.75, 3.05) is 0 Å². The molecule has 0 spiro atoms. The standard InChI is InChI=1S/C38H40Si/c1-23-12-15-29(16-13-23)31-10-9-11-33-34(31)21-27(5)37(33)39(7,8)38-28(6)22-35-32(17-14-26(4)36(35)38)30-19-24(2)18-25(3)20-30/h9-22,37-38H,1-8H3. The first kappa shape index (κ1) is 25.8. The van der Waals surface area contributed by atoms with Gasteiger partial charge in [-0.2, -0.15) is 0 Å². The maximum atomic E-state index is 2.64. The van der Waals surface area contributed by atoms with Crippen LogP contribution in [0.25, 0.3) is 34.4 Å². The van der Waals surface area contributed by atoms with Crippen LogP contribution < -0.4 is 0 Å². The smallest absolute Gasteiger partial charge is 0.0679 e. The quantitative estimate of drug-likeness (QED) is 0.233. The lowest BCUT2D eigenvalue weighted by molar-refractivity contribution is 0.961. The molecule has 0 amide bonds. The molecule has 2 unspecified atom stereocenters. The summed E-state index contributed by atoms with van der Waals surface area (Å²) in [7, 11) is -1.91. The van der Waals surface area contributed by atoms with Crippen molar-refractivity contribution in [2.45, 2.75) is 65.7 Å². The summed E-state index contributed by atoms with van der Waals surface area (Å²) in [6.45, 7) is 19.0. The Morgan fingerprint density at radius 3 is 1.85 bits per heavy atom. The van der Waals surface area contributed by atoms with E-state index < -0.39 is 8.07 Å². The molecule has 39 heavy (non-hydrogen) atoms. The topological polar surface area (TPSA) is 0 Å². The molecule has 0 N–H and O–H groups in total. The van der Waals surface area contributed by atoms with Crippen LogP contribution in [-0.4, -0.2) is 8.07 Å². The zero-order valence-electron chi connectivity index (χ0n) is 24.7. The van der Waals surface area contributed by atoms with Gasteiger partial charge in [-0.1, -0.05) is 126 Å². The van der Waals surface area contributed by atoms with E-state index in [0.29, 0.717) is 11.1 Å². The van der Waals surface area contributed by atoms with Gasteiger partial charge in [0.25, 0.3) is 0 Å². The lowest BCUT2D eigenvalue weighted by Crippen LogP contribution is -2.42. The summed E-state index contributed by atoms with van der Waals surface area (Å²) >= 11 is 0. The van der Waals surface area contributed by atoms with Crippen LogP contribution in [-0.2, 0) is 0 Å². The molecular weight excluding hydrogens is 485 g/mol. The fourth-order valence-corrected chi connectivity index (χ4v) is 12.9. The second kappa shape index (κ2) is 9.35. The minimum absolute atomic E-state index is 0.501. The highest BCUT2D eigenvalue weighted by atomic mass is 28.3. The van der Waals surface area contributed by atoms with Crippen LogP contribution in [0.1, 0.15) is 69.4 Å². The highest BCUT2D eigenvalue weighted by Crippen LogP contribution is 2.55. The Kier molecular flexibility index (Phi) is 6.19. The molecule has 1 heteroatoms. The molecule has 0 saturated carbocycles. The minimum atomic E-state index is -1.91. The van der Waals surface area contributed by atoms with Crippen molar-refractivity contribution in [3.63, 3.8) is 0 Å². The summed E-state index contributed by atoms with van der Waals surface area (Å²) in [6.07, 6.45) is 5.02. The van der Waals surface area contributed by atoms with Crippen molar-refractivity contribution in [1.29, 1.82) is 0 Å². The number of rotatable bonds is 4. The van der Waals surface area contributed by atoms with Gasteiger partial charge in [0, 0.05) is 11.1 Å². The Hall–Kier alpha value is -3.42. The predicted octanol–water partition coefficient (Wildman–Crippen LogP) is 10.7.